The standard InChI is InChI=1S/C10H12F2N2O2/c1-5-3-6(4-7(15)16-2)10(13)14-8(5)9(11)12/h3,9H,4H2,1-2H3,(H2,13,14). The number of nitrogens with two attached hydrogens (primary N) is 1. The summed E-state index contributed by atoms with van der Waals surface area (Å²) >= 11 is 0. The molecule has 0 radical (unpaired) electrons. The average Bonchev–Trinajstić information content (AvgIpc) is 2.22. The van der Waals surface area contributed by atoms with Gasteiger partial charge >= 0.3 is 5.97 Å². The number of hydrogen-bond acceptors (Lipinski definition) is 4. The maximum absolute atomic E-state index is 12.5. The van der Waals surface area contributed by atoms with E-state index in [4.69, 9.17) is 5.73 Å². The Morgan fingerprint density at radius 3 is 2.75 bits per heavy atom. The minimum atomic E-state index is -2.67. The van der Waals surface area contributed by atoms with Crippen LogP contribution >= 0.6 is 0 Å². The molecule has 0 fully saturated rings. The molecule has 2 N–H and O–H groups in total. The van der Waals surface area contributed by atoms with Gasteiger partial charge in [0.1, 0.15) is 11.5 Å². The van der Waals surface area contributed by atoms with Gasteiger partial charge in [-0.05, 0) is 18.6 Å². The smallest absolute Gasteiger partial charge is 0.310 e. The largest absolute Gasteiger partial charge is 0.469 e. The number of rotatable bonds is 3. The lowest BCUT2D eigenvalue weighted by Crippen LogP contribution is -2.10. The first-order valence-corrected chi connectivity index (χ1v) is 4.56. The van der Waals surface area contributed by atoms with Gasteiger partial charge in [-0.25, -0.2) is 13.8 Å². The van der Waals surface area contributed by atoms with Crippen molar-refractivity contribution in [1.82, 2.24) is 4.98 Å². The highest BCUT2D eigenvalue weighted by Gasteiger charge is 2.16. The number of methoxy groups -OCH3 is 1. The van der Waals surface area contributed by atoms with Crippen LogP contribution in [-0.4, -0.2) is 18.1 Å². The number of pyridine rings is 1. The van der Waals surface area contributed by atoms with Crippen molar-refractivity contribution in [3.63, 3.8) is 0 Å². The molecule has 0 saturated carbocycles. The van der Waals surface area contributed by atoms with Crippen LogP contribution in [0.15, 0.2) is 6.07 Å². The summed E-state index contributed by atoms with van der Waals surface area (Å²) in [4.78, 5) is 14.6. The third kappa shape index (κ3) is 2.65. The number of nitrogen functional groups attached to an aromatic ring is 1. The van der Waals surface area contributed by atoms with E-state index in [1.54, 1.807) is 0 Å². The lowest BCUT2D eigenvalue weighted by Gasteiger charge is -2.09. The summed E-state index contributed by atoms with van der Waals surface area (Å²) in [7, 11) is 1.24. The molecule has 1 aromatic rings. The molecule has 0 aliphatic heterocycles. The molecule has 0 aromatic carbocycles. The zero-order chi connectivity index (χ0) is 12.3. The molecule has 0 aliphatic rings. The fourth-order valence-corrected chi connectivity index (χ4v) is 1.29. The van der Waals surface area contributed by atoms with Gasteiger partial charge in [0.25, 0.3) is 6.43 Å². The molecule has 1 rings (SSSR count). The van der Waals surface area contributed by atoms with Crippen LogP contribution in [0.4, 0.5) is 14.6 Å². The molecular weight excluding hydrogens is 218 g/mol. The molecule has 0 amide bonds. The van der Waals surface area contributed by atoms with E-state index in [0.717, 1.165) is 0 Å². The quantitative estimate of drug-likeness (QED) is 0.801. The van der Waals surface area contributed by atoms with Crippen molar-refractivity contribution >= 4 is 11.8 Å². The second-order valence-electron chi connectivity index (χ2n) is 3.29. The summed E-state index contributed by atoms with van der Waals surface area (Å²) in [5.41, 5.74) is 5.83. The Balaban J connectivity index is 3.05. The number of aromatic nitrogens is 1. The van der Waals surface area contributed by atoms with Crippen LogP contribution in [0.3, 0.4) is 0 Å². The summed E-state index contributed by atoms with van der Waals surface area (Å²) < 4.78 is 29.4. The van der Waals surface area contributed by atoms with Crippen molar-refractivity contribution < 1.29 is 18.3 Å². The van der Waals surface area contributed by atoms with Gasteiger partial charge in [0.15, 0.2) is 0 Å². The van der Waals surface area contributed by atoms with Gasteiger partial charge in [0.2, 0.25) is 0 Å². The first-order valence-electron chi connectivity index (χ1n) is 4.56. The Morgan fingerprint density at radius 1 is 1.62 bits per heavy atom. The molecule has 6 heteroatoms. The van der Waals surface area contributed by atoms with Crippen LogP contribution in [-0.2, 0) is 16.0 Å². The van der Waals surface area contributed by atoms with Gasteiger partial charge in [0, 0.05) is 5.56 Å². The van der Waals surface area contributed by atoms with Gasteiger partial charge in [-0.2, -0.15) is 0 Å². The molecule has 1 heterocycles. The summed E-state index contributed by atoms with van der Waals surface area (Å²) in [5.74, 6) is -0.552. The van der Waals surface area contributed by atoms with Crippen LogP contribution < -0.4 is 5.73 Å². The Labute approximate surface area is 91.4 Å². The van der Waals surface area contributed by atoms with E-state index in [2.05, 4.69) is 9.72 Å². The number of carbonyl (C=O) groups excluding carboxylic acids is 1. The van der Waals surface area contributed by atoms with E-state index in [9.17, 15) is 13.6 Å². The number of halogens is 2. The Bertz CT molecular complexity index is 408. The van der Waals surface area contributed by atoms with Gasteiger partial charge in [-0.15, -0.1) is 0 Å². The maximum Gasteiger partial charge on any atom is 0.310 e. The predicted octanol–water partition coefficient (Wildman–Crippen LogP) is 1.63. The molecule has 16 heavy (non-hydrogen) atoms. The predicted molar refractivity (Wildman–Crippen MR) is 54.1 cm³/mol. The Hall–Kier alpha value is -1.72. The molecule has 0 atom stereocenters. The summed E-state index contributed by atoms with van der Waals surface area (Å²) in [5, 5.41) is 0. The zero-order valence-electron chi connectivity index (χ0n) is 8.96. The van der Waals surface area contributed by atoms with Crippen molar-refractivity contribution in [2.24, 2.45) is 0 Å². The number of anilines is 1. The fourth-order valence-electron chi connectivity index (χ4n) is 1.29. The third-order valence-corrected chi connectivity index (χ3v) is 2.13. The SMILES string of the molecule is COC(=O)Cc1cc(C)c(C(F)F)nc1N. The lowest BCUT2D eigenvalue weighted by atomic mass is 10.1. The molecule has 88 valence electrons. The highest BCUT2D eigenvalue weighted by Crippen LogP contribution is 2.24. The van der Waals surface area contributed by atoms with E-state index < -0.39 is 12.4 Å². The van der Waals surface area contributed by atoms with E-state index in [0.29, 0.717) is 11.1 Å². The second kappa shape index (κ2) is 4.87. The monoisotopic (exact) mass is 230 g/mol. The molecule has 0 saturated heterocycles. The van der Waals surface area contributed by atoms with Crippen molar-refractivity contribution in [1.29, 1.82) is 0 Å². The fraction of sp³-hybridized carbons (Fsp3) is 0.400. The first kappa shape index (κ1) is 12.4. The highest BCUT2D eigenvalue weighted by atomic mass is 19.3. The van der Waals surface area contributed by atoms with Crippen molar-refractivity contribution in [2.75, 3.05) is 12.8 Å². The van der Waals surface area contributed by atoms with E-state index in [-0.39, 0.29) is 17.9 Å². The normalized spacial score (nSPS) is 10.6. The summed E-state index contributed by atoms with van der Waals surface area (Å²) in [6.45, 7) is 1.49. The molecule has 0 unspecified atom stereocenters. The zero-order valence-corrected chi connectivity index (χ0v) is 8.96. The number of ether oxygens (including phenoxy) is 1. The number of alkyl halides is 2. The molecule has 0 aliphatic carbocycles. The van der Waals surface area contributed by atoms with E-state index in [1.807, 2.05) is 0 Å². The highest BCUT2D eigenvalue weighted by molar-refractivity contribution is 5.74. The van der Waals surface area contributed by atoms with Gasteiger partial charge < -0.3 is 10.5 Å². The number of nitrogens with zero attached hydrogens (tertiary/aromatic N) is 1. The number of hydrogen-bond donors (Lipinski definition) is 1. The van der Waals surface area contributed by atoms with Crippen molar-refractivity contribution in [3.05, 3.63) is 22.9 Å². The first-order chi connectivity index (χ1) is 7.45. The molecule has 4 nitrogen and oxygen atoms in total. The van der Waals surface area contributed by atoms with Gasteiger partial charge in [-0.3, -0.25) is 4.79 Å². The van der Waals surface area contributed by atoms with Gasteiger partial charge in [-0.1, -0.05) is 0 Å². The van der Waals surface area contributed by atoms with Crippen LogP contribution in [0.5, 0.6) is 0 Å². The van der Waals surface area contributed by atoms with Crippen LogP contribution in [0.1, 0.15) is 23.2 Å². The second-order valence-corrected chi connectivity index (χ2v) is 3.29. The van der Waals surface area contributed by atoms with Crippen molar-refractivity contribution in [2.45, 2.75) is 19.8 Å². The number of aryl methyl sites for hydroxylation is 1. The third-order valence-electron chi connectivity index (χ3n) is 2.13. The summed E-state index contributed by atoms with van der Waals surface area (Å²) in [6.07, 6.45) is -2.74. The molecule has 1 aromatic heterocycles. The van der Waals surface area contributed by atoms with E-state index >= 15 is 0 Å². The van der Waals surface area contributed by atoms with Crippen LogP contribution in [0.2, 0.25) is 0 Å². The van der Waals surface area contributed by atoms with Crippen LogP contribution in [0, 0.1) is 6.92 Å². The van der Waals surface area contributed by atoms with Crippen LogP contribution in [0.25, 0.3) is 0 Å². The number of carbonyl (C=O) groups is 1. The van der Waals surface area contributed by atoms with Crippen molar-refractivity contribution in [3.8, 4) is 0 Å². The average molecular weight is 230 g/mol. The number of esters is 1. The Kier molecular flexibility index (Phi) is 3.76. The minimum Gasteiger partial charge on any atom is -0.469 e. The summed E-state index contributed by atoms with van der Waals surface area (Å²) in [6, 6.07) is 1.43. The Morgan fingerprint density at radius 2 is 2.25 bits per heavy atom. The maximum atomic E-state index is 12.5. The molecule has 0 bridgehead atoms. The minimum absolute atomic E-state index is 0.0636. The lowest BCUT2D eigenvalue weighted by molar-refractivity contribution is -0.139. The van der Waals surface area contributed by atoms with E-state index in [1.165, 1.54) is 20.1 Å². The molecule has 0 spiro atoms. The molecular formula is C10H12F2N2O2. The topological polar surface area (TPSA) is 65.2 Å². The van der Waals surface area contributed by atoms with Gasteiger partial charge in [0.05, 0.1) is 13.5 Å².